The third-order valence-electron chi connectivity index (χ3n) is 1.99. The fraction of sp³-hybridized carbons (Fsp3) is 0.714. The molecule has 1 aliphatic heterocycles. The standard InChI is InChI=1S/C7H12N4.2ClH/c1-5-9-7(11-10-5)6-3-2-4-8-6;;/h6,8H,2-4H2,1H3,(H,9,10,11);2*1H. The molecule has 1 aromatic rings. The predicted molar refractivity (Wildman–Crippen MR) is 55.6 cm³/mol. The van der Waals surface area contributed by atoms with Crippen LogP contribution in [0.15, 0.2) is 0 Å². The lowest BCUT2D eigenvalue weighted by Crippen LogP contribution is -2.14. The fourth-order valence-corrected chi connectivity index (χ4v) is 1.42. The van der Waals surface area contributed by atoms with Gasteiger partial charge < -0.3 is 5.32 Å². The molecule has 0 bridgehead atoms. The molecule has 0 aliphatic carbocycles. The number of rotatable bonds is 1. The van der Waals surface area contributed by atoms with Crippen LogP contribution in [-0.2, 0) is 0 Å². The molecular weight excluding hydrogens is 211 g/mol. The largest absolute Gasteiger partial charge is 0.307 e. The zero-order valence-corrected chi connectivity index (χ0v) is 9.04. The normalized spacial score (nSPS) is 20.5. The first-order valence-electron chi connectivity index (χ1n) is 3.98. The molecule has 0 saturated carbocycles. The monoisotopic (exact) mass is 224 g/mol. The molecule has 0 radical (unpaired) electrons. The quantitative estimate of drug-likeness (QED) is 0.759. The van der Waals surface area contributed by atoms with Gasteiger partial charge in [-0.3, -0.25) is 5.10 Å². The number of hydrogen-bond donors (Lipinski definition) is 2. The van der Waals surface area contributed by atoms with Crippen LogP contribution in [-0.4, -0.2) is 21.7 Å². The Morgan fingerprint density at radius 1 is 1.38 bits per heavy atom. The van der Waals surface area contributed by atoms with E-state index in [1.54, 1.807) is 0 Å². The van der Waals surface area contributed by atoms with E-state index in [9.17, 15) is 0 Å². The summed E-state index contributed by atoms with van der Waals surface area (Å²) in [6.45, 7) is 3.02. The maximum atomic E-state index is 4.26. The van der Waals surface area contributed by atoms with Crippen molar-refractivity contribution in [1.29, 1.82) is 0 Å². The van der Waals surface area contributed by atoms with Gasteiger partial charge in [0.2, 0.25) is 0 Å². The lowest BCUT2D eigenvalue weighted by atomic mass is 10.2. The Hall–Kier alpha value is -0.320. The second-order valence-electron chi connectivity index (χ2n) is 2.93. The maximum absolute atomic E-state index is 4.26. The number of hydrogen-bond acceptors (Lipinski definition) is 3. The molecule has 1 atom stereocenters. The molecule has 0 spiro atoms. The summed E-state index contributed by atoms with van der Waals surface area (Å²) in [6, 6.07) is 0.389. The van der Waals surface area contributed by atoms with Gasteiger partial charge in [-0.2, -0.15) is 5.10 Å². The Bertz CT molecular complexity index is 244. The summed E-state index contributed by atoms with van der Waals surface area (Å²) in [7, 11) is 0. The van der Waals surface area contributed by atoms with Crippen LogP contribution in [0.4, 0.5) is 0 Å². The molecule has 76 valence electrons. The van der Waals surface area contributed by atoms with E-state index in [1.807, 2.05) is 6.92 Å². The smallest absolute Gasteiger partial charge is 0.167 e. The van der Waals surface area contributed by atoms with Crippen LogP contribution in [0.5, 0.6) is 0 Å². The number of nitrogens with zero attached hydrogens (tertiary/aromatic N) is 2. The van der Waals surface area contributed by atoms with Gasteiger partial charge in [0.15, 0.2) is 5.82 Å². The van der Waals surface area contributed by atoms with Gasteiger partial charge in [-0.25, -0.2) is 4.98 Å². The molecule has 1 fully saturated rings. The average Bonchev–Trinajstić information content (AvgIpc) is 2.55. The van der Waals surface area contributed by atoms with Gasteiger partial charge in [0.25, 0.3) is 0 Å². The molecule has 1 saturated heterocycles. The highest BCUT2D eigenvalue weighted by molar-refractivity contribution is 5.85. The summed E-state index contributed by atoms with van der Waals surface area (Å²) in [4.78, 5) is 4.26. The van der Waals surface area contributed by atoms with E-state index in [-0.39, 0.29) is 24.8 Å². The van der Waals surface area contributed by atoms with Crippen molar-refractivity contribution in [2.75, 3.05) is 6.54 Å². The third-order valence-corrected chi connectivity index (χ3v) is 1.99. The van der Waals surface area contributed by atoms with Crippen LogP contribution in [0.2, 0.25) is 0 Å². The Kier molecular flexibility index (Phi) is 5.29. The van der Waals surface area contributed by atoms with E-state index >= 15 is 0 Å². The second kappa shape index (κ2) is 5.42. The number of H-pyrrole nitrogens is 1. The van der Waals surface area contributed by atoms with Crippen LogP contribution < -0.4 is 5.32 Å². The molecule has 1 aromatic heterocycles. The molecule has 1 aliphatic rings. The highest BCUT2D eigenvalue weighted by Crippen LogP contribution is 2.18. The van der Waals surface area contributed by atoms with Crippen LogP contribution in [0.25, 0.3) is 0 Å². The third kappa shape index (κ3) is 2.83. The summed E-state index contributed by atoms with van der Waals surface area (Å²) in [5.74, 6) is 1.81. The van der Waals surface area contributed by atoms with Crippen molar-refractivity contribution >= 4 is 24.8 Å². The van der Waals surface area contributed by atoms with E-state index in [1.165, 1.54) is 6.42 Å². The molecule has 0 aromatic carbocycles. The van der Waals surface area contributed by atoms with Crippen molar-refractivity contribution in [1.82, 2.24) is 20.5 Å². The highest BCUT2D eigenvalue weighted by atomic mass is 35.5. The molecule has 4 nitrogen and oxygen atoms in total. The minimum Gasteiger partial charge on any atom is -0.307 e. The maximum Gasteiger partial charge on any atom is 0.167 e. The predicted octanol–water partition coefficient (Wildman–Crippen LogP) is 1.38. The first kappa shape index (κ1) is 12.7. The van der Waals surface area contributed by atoms with Crippen molar-refractivity contribution in [2.45, 2.75) is 25.8 Å². The number of halogens is 2. The Balaban J connectivity index is 0.000000720. The zero-order chi connectivity index (χ0) is 7.68. The average molecular weight is 225 g/mol. The van der Waals surface area contributed by atoms with E-state index in [0.29, 0.717) is 6.04 Å². The topological polar surface area (TPSA) is 53.6 Å². The van der Waals surface area contributed by atoms with Gasteiger partial charge in [0, 0.05) is 0 Å². The molecule has 6 heteroatoms. The van der Waals surface area contributed by atoms with Crippen LogP contribution in [0, 0.1) is 6.92 Å². The number of aryl methyl sites for hydroxylation is 1. The van der Waals surface area contributed by atoms with E-state index in [0.717, 1.165) is 24.6 Å². The molecule has 1 unspecified atom stereocenters. The first-order chi connectivity index (χ1) is 5.36. The molecule has 13 heavy (non-hydrogen) atoms. The molecular formula is C7H14Cl2N4. The zero-order valence-electron chi connectivity index (χ0n) is 7.41. The SMILES string of the molecule is Cc1nc(C2CCCN2)n[nH]1.Cl.Cl. The highest BCUT2D eigenvalue weighted by Gasteiger charge is 2.19. The minimum atomic E-state index is 0. The molecule has 0 amide bonds. The van der Waals surface area contributed by atoms with Gasteiger partial charge in [-0.1, -0.05) is 0 Å². The van der Waals surface area contributed by atoms with Gasteiger partial charge >= 0.3 is 0 Å². The Morgan fingerprint density at radius 3 is 2.62 bits per heavy atom. The van der Waals surface area contributed by atoms with Crippen molar-refractivity contribution in [3.63, 3.8) is 0 Å². The van der Waals surface area contributed by atoms with Gasteiger partial charge in [-0.15, -0.1) is 24.8 Å². The molecule has 2 rings (SSSR count). The lowest BCUT2D eigenvalue weighted by molar-refractivity contribution is 0.607. The van der Waals surface area contributed by atoms with Crippen molar-refractivity contribution in [3.8, 4) is 0 Å². The van der Waals surface area contributed by atoms with E-state index in [2.05, 4.69) is 20.5 Å². The second-order valence-corrected chi connectivity index (χ2v) is 2.93. The van der Waals surface area contributed by atoms with Crippen molar-refractivity contribution in [3.05, 3.63) is 11.6 Å². The van der Waals surface area contributed by atoms with Crippen LogP contribution in [0.1, 0.15) is 30.5 Å². The van der Waals surface area contributed by atoms with E-state index < -0.39 is 0 Å². The van der Waals surface area contributed by atoms with Crippen LogP contribution in [0.3, 0.4) is 0 Å². The van der Waals surface area contributed by atoms with Crippen LogP contribution >= 0.6 is 24.8 Å². The Morgan fingerprint density at radius 2 is 2.15 bits per heavy atom. The Labute approximate surface area is 89.7 Å². The fourth-order valence-electron chi connectivity index (χ4n) is 1.42. The van der Waals surface area contributed by atoms with Gasteiger partial charge in [0.05, 0.1) is 6.04 Å². The van der Waals surface area contributed by atoms with Gasteiger partial charge in [0.1, 0.15) is 5.82 Å². The van der Waals surface area contributed by atoms with Gasteiger partial charge in [-0.05, 0) is 26.3 Å². The summed E-state index contributed by atoms with van der Waals surface area (Å²) in [6.07, 6.45) is 2.40. The lowest BCUT2D eigenvalue weighted by Gasteiger charge is -2.02. The first-order valence-corrected chi connectivity index (χ1v) is 3.98. The molecule has 2 heterocycles. The minimum absolute atomic E-state index is 0. The number of aromatic nitrogens is 3. The van der Waals surface area contributed by atoms with Crippen molar-refractivity contribution < 1.29 is 0 Å². The summed E-state index contributed by atoms with van der Waals surface area (Å²) >= 11 is 0. The van der Waals surface area contributed by atoms with E-state index in [4.69, 9.17) is 0 Å². The number of aromatic amines is 1. The summed E-state index contributed by atoms with van der Waals surface area (Å²) in [5.41, 5.74) is 0. The molecule has 2 N–H and O–H groups in total. The summed E-state index contributed by atoms with van der Waals surface area (Å²) in [5, 5.41) is 10.3. The van der Waals surface area contributed by atoms with Crippen molar-refractivity contribution in [2.24, 2.45) is 0 Å². The number of nitrogens with one attached hydrogen (secondary N) is 2. The summed E-state index contributed by atoms with van der Waals surface area (Å²) < 4.78 is 0.